The molecule has 3 aliphatic carbocycles. The molecule has 0 nitrogen and oxygen atoms in total. The van der Waals surface area contributed by atoms with Crippen molar-refractivity contribution in [2.24, 2.45) is 29.6 Å². The molecule has 17 heavy (non-hydrogen) atoms. The van der Waals surface area contributed by atoms with E-state index in [1.807, 2.05) is 12.1 Å². The van der Waals surface area contributed by atoms with Crippen LogP contribution in [0.15, 0.2) is 24.3 Å². The average molecular weight is 251 g/mol. The molecule has 5 atom stereocenters. The van der Waals surface area contributed by atoms with Gasteiger partial charge in [-0.05, 0) is 66.5 Å². The van der Waals surface area contributed by atoms with E-state index >= 15 is 0 Å². The van der Waals surface area contributed by atoms with Crippen LogP contribution in [-0.2, 0) is 0 Å². The molecule has 0 radical (unpaired) electrons. The summed E-state index contributed by atoms with van der Waals surface area (Å²) in [5, 5.41) is 0.106. The Bertz CT molecular complexity index is 425. The fourth-order valence-electron chi connectivity index (χ4n) is 4.65. The van der Waals surface area contributed by atoms with Crippen LogP contribution in [0.3, 0.4) is 0 Å². The molecule has 1 aromatic rings. The van der Waals surface area contributed by atoms with Crippen molar-refractivity contribution in [2.45, 2.75) is 24.6 Å². The van der Waals surface area contributed by atoms with E-state index in [4.69, 9.17) is 11.6 Å². The average Bonchev–Trinajstić information content (AvgIpc) is 2.77. The molecule has 0 aromatic heterocycles. The summed E-state index contributed by atoms with van der Waals surface area (Å²) in [7, 11) is 0. The van der Waals surface area contributed by atoms with Gasteiger partial charge in [-0.2, -0.15) is 0 Å². The molecule has 1 aromatic carbocycles. The van der Waals surface area contributed by atoms with Gasteiger partial charge >= 0.3 is 0 Å². The van der Waals surface area contributed by atoms with E-state index in [1.165, 1.54) is 31.4 Å². The monoisotopic (exact) mass is 250 g/mol. The first kappa shape index (κ1) is 10.4. The summed E-state index contributed by atoms with van der Waals surface area (Å²) >= 11 is 6.59. The van der Waals surface area contributed by atoms with E-state index in [0.717, 1.165) is 29.2 Å². The Morgan fingerprint density at radius 1 is 1.06 bits per heavy atom. The van der Waals surface area contributed by atoms with Crippen LogP contribution in [0.4, 0.5) is 4.39 Å². The van der Waals surface area contributed by atoms with Crippen LogP contribution in [0.25, 0.3) is 0 Å². The Labute approximate surface area is 106 Å². The maximum absolute atomic E-state index is 12.9. The standard InChI is InChI=1S/C15H16ClF/c16-15(8-3-5-11(17)6-4-8)14-12-9-1-2-10(7-9)13(12)14/h3-6,9-10,12-15H,1-2,7H2. The zero-order chi connectivity index (χ0) is 11.6. The lowest BCUT2D eigenvalue weighted by molar-refractivity contribution is 0.455. The second kappa shape index (κ2) is 3.47. The molecule has 0 N–H and O–H groups in total. The Kier molecular flexibility index (Phi) is 2.12. The highest BCUT2D eigenvalue weighted by molar-refractivity contribution is 6.21. The van der Waals surface area contributed by atoms with Crippen LogP contribution in [0.5, 0.6) is 0 Å². The molecule has 2 bridgehead atoms. The number of benzene rings is 1. The molecule has 2 heteroatoms. The van der Waals surface area contributed by atoms with Crippen LogP contribution in [0.2, 0.25) is 0 Å². The third kappa shape index (κ3) is 1.41. The smallest absolute Gasteiger partial charge is 0.123 e. The van der Waals surface area contributed by atoms with Crippen molar-refractivity contribution in [3.05, 3.63) is 35.6 Å². The highest BCUT2D eigenvalue weighted by Gasteiger charge is 2.66. The quantitative estimate of drug-likeness (QED) is 0.683. The van der Waals surface area contributed by atoms with E-state index in [-0.39, 0.29) is 11.2 Å². The van der Waals surface area contributed by atoms with Crippen molar-refractivity contribution in [1.29, 1.82) is 0 Å². The predicted molar refractivity (Wildman–Crippen MR) is 66.3 cm³/mol. The second-order valence-electron chi connectivity index (χ2n) is 6.02. The molecule has 0 saturated heterocycles. The minimum Gasteiger partial charge on any atom is -0.207 e. The van der Waals surface area contributed by atoms with Crippen LogP contribution < -0.4 is 0 Å². The molecule has 3 aliphatic rings. The molecule has 3 fully saturated rings. The van der Waals surface area contributed by atoms with Gasteiger partial charge in [0.25, 0.3) is 0 Å². The molecular formula is C15H16ClF. The summed E-state index contributed by atoms with van der Waals surface area (Å²) < 4.78 is 12.9. The van der Waals surface area contributed by atoms with Gasteiger partial charge in [-0.25, -0.2) is 4.39 Å². The summed E-state index contributed by atoms with van der Waals surface area (Å²) in [4.78, 5) is 0. The normalized spacial score (nSPS) is 43.5. The van der Waals surface area contributed by atoms with Crippen molar-refractivity contribution >= 4 is 11.6 Å². The Hall–Kier alpha value is -0.560. The van der Waals surface area contributed by atoms with Crippen molar-refractivity contribution in [3.63, 3.8) is 0 Å². The highest BCUT2D eigenvalue weighted by Crippen LogP contribution is 2.73. The van der Waals surface area contributed by atoms with E-state index in [0.29, 0.717) is 5.92 Å². The topological polar surface area (TPSA) is 0 Å². The zero-order valence-electron chi connectivity index (χ0n) is 9.65. The van der Waals surface area contributed by atoms with E-state index in [1.54, 1.807) is 0 Å². The summed E-state index contributed by atoms with van der Waals surface area (Å²) in [5.74, 6) is 4.19. The minimum absolute atomic E-state index is 0.106. The van der Waals surface area contributed by atoms with Crippen molar-refractivity contribution in [3.8, 4) is 0 Å². The molecule has 4 rings (SSSR count). The molecule has 0 spiro atoms. The van der Waals surface area contributed by atoms with Crippen LogP contribution in [0.1, 0.15) is 30.2 Å². The largest absolute Gasteiger partial charge is 0.207 e. The first-order valence-electron chi connectivity index (χ1n) is 6.65. The minimum atomic E-state index is -0.173. The Morgan fingerprint density at radius 3 is 2.24 bits per heavy atom. The van der Waals surface area contributed by atoms with Gasteiger partial charge in [-0.15, -0.1) is 11.6 Å². The number of alkyl halides is 1. The first-order chi connectivity index (χ1) is 8.25. The van der Waals surface area contributed by atoms with Gasteiger partial charge in [-0.3, -0.25) is 0 Å². The van der Waals surface area contributed by atoms with Gasteiger partial charge in [0, 0.05) is 0 Å². The predicted octanol–water partition coefficient (Wildman–Crippen LogP) is 4.40. The van der Waals surface area contributed by atoms with E-state index in [2.05, 4.69) is 0 Å². The van der Waals surface area contributed by atoms with E-state index in [9.17, 15) is 4.39 Å². The lowest BCUT2D eigenvalue weighted by Gasteiger charge is -2.14. The number of hydrogen-bond donors (Lipinski definition) is 0. The van der Waals surface area contributed by atoms with Crippen molar-refractivity contribution in [1.82, 2.24) is 0 Å². The maximum Gasteiger partial charge on any atom is 0.123 e. The van der Waals surface area contributed by atoms with Crippen molar-refractivity contribution < 1.29 is 4.39 Å². The lowest BCUT2D eigenvalue weighted by atomic mass is 9.97. The van der Waals surface area contributed by atoms with Crippen LogP contribution in [0, 0.1) is 35.4 Å². The van der Waals surface area contributed by atoms with E-state index < -0.39 is 0 Å². The highest BCUT2D eigenvalue weighted by atomic mass is 35.5. The number of hydrogen-bond acceptors (Lipinski definition) is 0. The summed E-state index contributed by atoms with van der Waals surface area (Å²) in [6.45, 7) is 0. The second-order valence-corrected chi connectivity index (χ2v) is 6.49. The lowest BCUT2D eigenvalue weighted by Crippen LogP contribution is -2.04. The third-order valence-corrected chi connectivity index (χ3v) is 5.86. The molecule has 0 aliphatic heterocycles. The van der Waals surface area contributed by atoms with Crippen LogP contribution in [-0.4, -0.2) is 0 Å². The van der Waals surface area contributed by atoms with Crippen LogP contribution >= 0.6 is 11.6 Å². The summed E-state index contributed by atoms with van der Waals surface area (Å²) in [5.41, 5.74) is 1.10. The van der Waals surface area contributed by atoms with Crippen molar-refractivity contribution in [2.75, 3.05) is 0 Å². The molecular weight excluding hydrogens is 235 g/mol. The zero-order valence-corrected chi connectivity index (χ0v) is 10.4. The summed E-state index contributed by atoms with van der Waals surface area (Å²) in [6, 6.07) is 6.75. The fraction of sp³-hybridized carbons (Fsp3) is 0.600. The molecule has 5 unspecified atom stereocenters. The number of halogens is 2. The SMILES string of the molecule is Fc1ccc(C(Cl)C2C3C4CCC(C4)C32)cc1. The molecule has 3 saturated carbocycles. The van der Waals surface area contributed by atoms with Gasteiger partial charge < -0.3 is 0 Å². The molecule has 0 heterocycles. The van der Waals surface area contributed by atoms with Gasteiger partial charge in [0.15, 0.2) is 0 Å². The van der Waals surface area contributed by atoms with Gasteiger partial charge in [-0.1, -0.05) is 12.1 Å². The molecule has 0 amide bonds. The third-order valence-electron chi connectivity index (χ3n) is 5.32. The summed E-state index contributed by atoms with van der Waals surface area (Å²) in [6.07, 6.45) is 4.31. The first-order valence-corrected chi connectivity index (χ1v) is 7.09. The van der Waals surface area contributed by atoms with Gasteiger partial charge in [0.05, 0.1) is 5.38 Å². The fourth-order valence-corrected chi connectivity index (χ4v) is 5.13. The Morgan fingerprint density at radius 2 is 1.65 bits per heavy atom. The van der Waals surface area contributed by atoms with Gasteiger partial charge in [0.2, 0.25) is 0 Å². The molecule has 90 valence electrons. The van der Waals surface area contributed by atoms with Gasteiger partial charge in [0.1, 0.15) is 5.82 Å². The number of fused-ring (bicyclic) bond motifs is 5. The Balaban J connectivity index is 1.55. The number of rotatable bonds is 2. The maximum atomic E-state index is 12.9.